The number of carbonyl (C=O) groups excluding carboxylic acids is 11. The van der Waals surface area contributed by atoms with Gasteiger partial charge in [-0.3, -0.25) is 62.8 Å². The second-order valence-corrected chi connectivity index (χ2v) is 32.4. The Hall–Kier alpha value is -7.45. The Labute approximate surface area is 649 Å². The quantitative estimate of drug-likeness (QED) is 0.0168. The number of fused-ring (bicyclic) bond motifs is 3. The number of esters is 2. The first-order valence-corrected chi connectivity index (χ1v) is 41.7. The smallest absolute Gasteiger partial charge is 0.306 e. The average molecular weight is 1530 g/mol. The van der Waals surface area contributed by atoms with E-state index in [0.717, 1.165) is 168 Å². The van der Waals surface area contributed by atoms with Gasteiger partial charge in [-0.25, -0.2) is 11.2 Å². The van der Waals surface area contributed by atoms with Gasteiger partial charge in [-0.05, 0) is 200 Å². The number of nitrogens with zero attached hydrogens (tertiary/aromatic N) is 8. The number of likely N-dealkylation sites (tertiary alicyclic amines) is 3. The lowest BCUT2D eigenvalue weighted by Gasteiger charge is -2.46. The molecule has 4 unspecified atom stereocenters. The minimum absolute atomic E-state index is 0.00904. The lowest BCUT2D eigenvalue weighted by Crippen LogP contribution is -2.52. The maximum Gasteiger partial charge on any atom is 0.306 e. The Bertz CT molecular complexity index is 3490. The first-order valence-electron chi connectivity index (χ1n) is 40.6. The number of ether oxygens (including phenoxy) is 2. The third-order valence-corrected chi connectivity index (χ3v) is 23.6. The monoisotopic (exact) mass is 1530 g/mol. The lowest BCUT2D eigenvalue weighted by atomic mass is 9.87. The second-order valence-electron chi connectivity index (χ2n) is 31.0. The largest absolute Gasteiger partial charge is 0.458 e. The van der Waals surface area contributed by atoms with Crippen LogP contribution in [0.5, 0.6) is 0 Å². The fourth-order valence-electron chi connectivity index (χ4n) is 16.2. The van der Waals surface area contributed by atoms with Crippen molar-refractivity contribution in [1.82, 2.24) is 34.1 Å². The van der Waals surface area contributed by atoms with Crippen molar-refractivity contribution >= 4 is 73.4 Å². The van der Waals surface area contributed by atoms with E-state index in [9.17, 15) is 52.7 Å². The standard InChI is InChI=1S/C31H49N4O4P.C27H36N2O6.C27H38N2O5/c1-7-17-31(39-40(38-23-19-32-6)35(25(2)3)26(4)5)18-14-21-33(24-31)20-12-8-9-13-22-34-29(36)27-15-10-11-16-28(27)30(34)37;1-3-15-27(35-24(32)14-13-20(2)30)16-9-17-28(19-27)23(31)12-5-4-8-18-29-25(33)21-10-6-7-11-22(21)26(29)34;1-3-15-27(34-24(31)14-13-21(2)30)16-10-18-28(20-27)17-8-4-5-9-19-29-25(32)22-11-6-7-12-23(22)26(29)33/h10-11,15-16,25-26H,7-9,12-14,17-24H2,1-5H3;6-7,10-11H,3-5,8-9,12-19H2,1-2H3;6-7,11-12H,3-5,8-10,13-20H2,1-2H3. The van der Waals surface area contributed by atoms with Crippen LogP contribution >= 0.6 is 8.53 Å². The highest BCUT2D eigenvalue weighted by Crippen LogP contribution is 2.52. The van der Waals surface area contributed by atoms with E-state index in [0.29, 0.717) is 105 Å². The van der Waals surface area contributed by atoms with Crippen molar-refractivity contribution in [1.29, 1.82) is 0 Å². The maximum atomic E-state index is 12.9. The summed E-state index contributed by atoms with van der Waals surface area (Å²) in [5.74, 6) is -1.83. The molecule has 4 atom stereocenters. The van der Waals surface area contributed by atoms with Crippen LogP contribution in [0.25, 0.3) is 4.85 Å². The van der Waals surface area contributed by atoms with Gasteiger partial charge >= 0.3 is 11.9 Å². The minimum Gasteiger partial charge on any atom is -0.458 e. The summed E-state index contributed by atoms with van der Waals surface area (Å²) < 4.78 is 27.4. The summed E-state index contributed by atoms with van der Waals surface area (Å²) in [4.78, 5) is 149. The molecule has 0 radical (unpaired) electrons. The highest BCUT2D eigenvalue weighted by molar-refractivity contribution is 7.44. The molecular formula is C85H123N8O15P. The van der Waals surface area contributed by atoms with E-state index >= 15 is 0 Å². The normalized spacial score (nSPS) is 20.2. The molecule has 6 aliphatic heterocycles. The Morgan fingerprint density at radius 2 is 0.798 bits per heavy atom. The number of unbranched alkanes of at least 4 members (excludes halogenated alkanes) is 8. The average Bonchev–Trinajstić information content (AvgIpc) is 1.67. The third kappa shape index (κ3) is 26.1. The van der Waals surface area contributed by atoms with E-state index in [1.165, 1.54) is 28.5 Å². The van der Waals surface area contributed by atoms with Gasteiger partial charge in [0.1, 0.15) is 29.4 Å². The van der Waals surface area contributed by atoms with Crippen molar-refractivity contribution < 1.29 is 71.3 Å². The summed E-state index contributed by atoms with van der Waals surface area (Å²) in [6.07, 6.45) is 21.7. The number of rotatable bonds is 42. The highest BCUT2D eigenvalue weighted by Gasteiger charge is 2.44. The van der Waals surface area contributed by atoms with Crippen LogP contribution < -0.4 is 0 Å². The van der Waals surface area contributed by atoms with Crippen LogP contribution in [0.4, 0.5) is 0 Å². The zero-order valence-corrected chi connectivity index (χ0v) is 67.6. The zero-order chi connectivity index (χ0) is 79.1. The van der Waals surface area contributed by atoms with Gasteiger partial charge < -0.3 is 42.8 Å². The number of carbonyl (C=O) groups is 11. The number of imide groups is 3. The molecule has 3 saturated heterocycles. The van der Waals surface area contributed by atoms with Crippen molar-refractivity contribution in [2.24, 2.45) is 0 Å². The van der Waals surface area contributed by atoms with Crippen LogP contribution in [0.1, 0.15) is 304 Å². The van der Waals surface area contributed by atoms with Crippen molar-refractivity contribution in [2.75, 3.05) is 85.1 Å². The molecule has 109 heavy (non-hydrogen) atoms. The second kappa shape index (κ2) is 44.6. The van der Waals surface area contributed by atoms with E-state index in [-0.39, 0.29) is 108 Å². The molecule has 0 N–H and O–H groups in total. The number of benzene rings is 3. The van der Waals surface area contributed by atoms with Crippen LogP contribution in [-0.2, 0) is 42.5 Å². The molecule has 0 spiro atoms. The van der Waals surface area contributed by atoms with Gasteiger partial charge in [0.05, 0.1) is 58.4 Å². The van der Waals surface area contributed by atoms with Crippen LogP contribution in [0.2, 0.25) is 0 Å². The number of hydrogen-bond donors (Lipinski definition) is 0. The number of ketones is 2. The number of hydrogen-bond acceptors (Lipinski definition) is 18. The van der Waals surface area contributed by atoms with Crippen molar-refractivity contribution in [3.05, 3.63) is 118 Å². The molecule has 0 aromatic heterocycles. The Morgan fingerprint density at radius 1 is 0.459 bits per heavy atom. The van der Waals surface area contributed by atoms with Crippen LogP contribution in [0, 0.1) is 6.57 Å². The minimum atomic E-state index is -1.26. The summed E-state index contributed by atoms with van der Waals surface area (Å²) in [5.41, 5.74) is 1.64. The summed E-state index contributed by atoms with van der Waals surface area (Å²) in [6, 6.07) is 21.5. The molecule has 7 amide bonds. The maximum absolute atomic E-state index is 12.9. The molecule has 9 rings (SSSR count). The van der Waals surface area contributed by atoms with Gasteiger partial charge in [0.15, 0.2) is 0 Å². The topological polar surface area (TPSA) is 252 Å². The fourth-order valence-corrected chi connectivity index (χ4v) is 18.0. The number of Topliss-reactive ketones (excluding diaryl/α,β-unsaturated/α-hetero) is 2. The molecule has 3 aromatic carbocycles. The van der Waals surface area contributed by atoms with E-state index < -0.39 is 19.7 Å². The number of piperidine rings is 3. The Kier molecular flexibility index (Phi) is 36.3. The van der Waals surface area contributed by atoms with Gasteiger partial charge in [0.25, 0.3) is 44.0 Å². The van der Waals surface area contributed by atoms with Gasteiger partial charge in [-0.1, -0.05) is 109 Å². The van der Waals surface area contributed by atoms with Crippen molar-refractivity contribution in [3.63, 3.8) is 0 Å². The van der Waals surface area contributed by atoms with Gasteiger partial charge in [-0.15, -0.1) is 0 Å². The van der Waals surface area contributed by atoms with Crippen LogP contribution in [0.3, 0.4) is 0 Å². The van der Waals surface area contributed by atoms with Crippen molar-refractivity contribution in [2.45, 2.75) is 271 Å². The summed E-state index contributed by atoms with van der Waals surface area (Å²) in [5, 5.41) is 0. The Balaban J connectivity index is 0.000000228. The molecule has 6 aliphatic rings. The van der Waals surface area contributed by atoms with E-state index in [1.54, 1.807) is 65.6 Å². The van der Waals surface area contributed by atoms with Crippen LogP contribution in [0.15, 0.2) is 72.8 Å². The molecule has 3 fully saturated rings. The van der Waals surface area contributed by atoms with Gasteiger partial charge in [0.2, 0.25) is 12.5 Å². The molecule has 0 aliphatic carbocycles. The Morgan fingerprint density at radius 3 is 1.17 bits per heavy atom. The molecule has 6 heterocycles. The molecule has 23 nitrogen and oxygen atoms in total. The van der Waals surface area contributed by atoms with Crippen LogP contribution in [-0.4, -0.2) is 213 Å². The summed E-state index contributed by atoms with van der Waals surface area (Å²) in [6.45, 7) is 34.0. The predicted molar refractivity (Wildman–Crippen MR) is 420 cm³/mol. The van der Waals surface area contributed by atoms with E-state index in [4.69, 9.17) is 25.1 Å². The van der Waals surface area contributed by atoms with Crippen molar-refractivity contribution in [3.8, 4) is 0 Å². The first-order chi connectivity index (χ1) is 52.3. The summed E-state index contributed by atoms with van der Waals surface area (Å²) in [7, 11) is -1.26. The van der Waals surface area contributed by atoms with E-state index in [2.05, 4.69) is 60.9 Å². The van der Waals surface area contributed by atoms with E-state index in [1.807, 2.05) is 19.1 Å². The molecule has 3 aromatic rings. The van der Waals surface area contributed by atoms with Gasteiger partial charge in [0, 0.05) is 70.6 Å². The molecule has 0 bridgehead atoms. The third-order valence-electron chi connectivity index (χ3n) is 21.3. The SMILES string of the molecule is CCCC1(OC(=O)CCC(C)=O)CCCN(C(=O)CCCCCN2C(=O)c3ccccc3C2=O)C1.CCCC1(OC(=O)CCC(C)=O)CCCN(CCCCCCN2C(=O)c3ccccc3C2=O)C1.[C-]#[N+]CCOP(OC1(CCC)CCCN(CCCCCCN2C(=O)c3ccccc3C2=O)C1)N(C(C)C)C(C)C. The lowest BCUT2D eigenvalue weighted by molar-refractivity contribution is -0.170. The fraction of sp³-hybridized carbons (Fsp3) is 0.647. The molecular weight excluding hydrogens is 1400 g/mol. The number of amides is 7. The molecule has 24 heteroatoms. The summed E-state index contributed by atoms with van der Waals surface area (Å²) >= 11 is 0. The predicted octanol–water partition coefficient (Wildman–Crippen LogP) is 15.1. The molecule has 598 valence electrons. The zero-order valence-electron chi connectivity index (χ0n) is 66.7. The molecule has 0 saturated carbocycles. The highest BCUT2D eigenvalue weighted by atomic mass is 31.2. The first kappa shape index (κ1) is 88.8. The van der Waals surface area contributed by atoms with Gasteiger partial charge in [-0.2, -0.15) is 0 Å².